The Morgan fingerprint density at radius 1 is 0.873 bits per heavy atom. The Bertz CT molecular complexity index is 2290. The molecular formula is C49H60IrNO2S2-. The van der Waals surface area contributed by atoms with Gasteiger partial charge >= 0.3 is 0 Å². The number of thiophene rings is 2. The number of aryl methyl sites for hydroxylation is 1. The van der Waals surface area contributed by atoms with Crippen molar-refractivity contribution in [3.63, 3.8) is 0 Å². The van der Waals surface area contributed by atoms with Gasteiger partial charge in [0.25, 0.3) is 0 Å². The first kappa shape index (κ1) is 44.6. The molecule has 55 heavy (non-hydrogen) atoms. The number of aromatic nitrogens is 1. The number of fused-ring (bicyclic) bond motifs is 3. The number of aliphatic hydroxyl groups excluding tert-OH is 1. The van der Waals surface area contributed by atoms with E-state index in [1.54, 1.807) is 0 Å². The average molecular weight is 951 g/mol. The average Bonchev–Trinajstić information content (AvgIpc) is 3.72. The molecule has 0 saturated carbocycles. The van der Waals surface area contributed by atoms with Gasteiger partial charge in [-0.25, -0.2) is 0 Å². The van der Waals surface area contributed by atoms with Gasteiger partial charge in [-0.2, -0.15) is 0 Å². The van der Waals surface area contributed by atoms with E-state index in [0.717, 1.165) is 48.7 Å². The molecule has 0 saturated heterocycles. The second-order valence-electron chi connectivity index (χ2n) is 17.0. The number of rotatable bonds is 11. The molecule has 0 bridgehead atoms. The Morgan fingerprint density at radius 2 is 1.53 bits per heavy atom. The van der Waals surface area contributed by atoms with Crippen molar-refractivity contribution in [1.29, 1.82) is 0 Å². The molecule has 0 aliphatic heterocycles. The number of allylic oxidation sites excluding steroid dienone is 2. The van der Waals surface area contributed by atoms with Gasteiger partial charge in [0.1, 0.15) is 5.76 Å². The molecule has 6 heteroatoms. The fourth-order valence-corrected chi connectivity index (χ4v) is 9.48. The molecule has 3 aromatic carbocycles. The van der Waals surface area contributed by atoms with E-state index in [9.17, 15) is 9.90 Å². The topological polar surface area (TPSA) is 50.2 Å². The molecule has 3 aromatic heterocycles. The zero-order chi connectivity index (χ0) is 39.6. The molecule has 295 valence electrons. The molecule has 0 unspecified atom stereocenters. The molecule has 0 aliphatic carbocycles. The maximum atomic E-state index is 12.2. The van der Waals surface area contributed by atoms with Crippen LogP contribution in [0.5, 0.6) is 0 Å². The van der Waals surface area contributed by atoms with Gasteiger partial charge in [0.15, 0.2) is 5.78 Å². The largest absolute Gasteiger partial charge is 0.512 e. The number of nitrogens with zero attached hydrogens (tertiary/aromatic N) is 1. The SMILES string of the molecule is CCC(C)(CC)C(=O)/C=C(\O)C(C)(CC)CC.Cc1c(-c2csc3cc(CC(C)C)ccc23)sc2ccnc(-c3[c-]c4ccccc4c(C(C)(C)C)c3)c12.[Ir]. The third-order valence-corrected chi connectivity index (χ3v) is 14.0. The Labute approximate surface area is 352 Å². The van der Waals surface area contributed by atoms with E-state index in [1.165, 1.54) is 58.8 Å². The summed E-state index contributed by atoms with van der Waals surface area (Å²) in [4.78, 5) is 18.5. The third kappa shape index (κ3) is 9.36. The number of hydrogen-bond donors (Lipinski definition) is 1. The zero-order valence-corrected chi connectivity index (χ0v) is 39.0. The van der Waals surface area contributed by atoms with Gasteiger partial charge in [-0.15, -0.1) is 51.8 Å². The number of ketones is 1. The van der Waals surface area contributed by atoms with Gasteiger partial charge in [-0.05, 0) is 79.0 Å². The molecule has 6 aromatic rings. The monoisotopic (exact) mass is 951 g/mol. The Morgan fingerprint density at radius 3 is 2.15 bits per heavy atom. The first-order valence-corrected chi connectivity index (χ1v) is 21.5. The number of hydrogen-bond acceptors (Lipinski definition) is 5. The van der Waals surface area contributed by atoms with Crippen molar-refractivity contribution < 1.29 is 30.0 Å². The van der Waals surface area contributed by atoms with Crippen LogP contribution in [0, 0.1) is 29.7 Å². The van der Waals surface area contributed by atoms with Crippen LogP contribution in [0.15, 0.2) is 78.0 Å². The van der Waals surface area contributed by atoms with Crippen molar-refractivity contribution >= 4 is 59.4 Å². The minimum atomic E-state index is -0.337. The first-order chi connectivity index (χ1) is 25.5. The molecule has 0 atom stereocenters. The van der Waals surface area contributed by atoms with E-state index < -0.39 is 0 Å². The van der Waals surface area contributed by atoms with E-state index in [-0.39, 0.29) is 47.9 Å². The molecule has 6 rings (SSSR count). The number of benzene rings is 3. The number of aliphatic hydroxyl groups is 1. The van der Waals surface area contributed by atoms with Crippen LogP contribution in [-0.2, 0) is 36.7 Å². The van der Waals surface area contributed by atoms with Crippen LogP contribution in [-0.4, -0.2) is 15.9 Å². The molecule has 0 amide bonds. The Balaban J connectivity index is 0.000000320. The second-order valence-corrected chi connectivity index (χ2v) is 19.0. The summed E-state index contributed by atoms with van der Waals surface area (Å²) >= 11 is 3.75. The first-order valence-electron chi connectivity index (χ1n) is 19.8. The summed E-state index contributed by atoms with van der Waals surface area (Å²) in [7, 11) is 0. The summed E-state index contributed by atoms with van der Waals surface area (Å²) in [6, 6.07) is 23.8. The molecular weight excluding hydrogens is 891 g/mol. The predicted molar refractivity (Wildman–Crippen MR) is 237 cm³/mol. The molecule has 1 radical (unpaired) electrons. The van der Waals surface area contributed by atoms with Crippen molar-refractivity contribution in [2.45, 2.75) is 121 Å². The smallest absolute Gasteiger partial charge is 0.164 e. The van der Waals surface area contributed by atoms with Crippen LogP contribution in [0.3, 0.4) is 0 Å². The maximum Gasteiger partial charge on any atom is 0.164 e. The normalized spacial score (nSPS) is 12.6. The summed E-state index contributed by atoms with van der Waals surface area (Å²) < 4.78 is 2.66. The summed E-state index contributed by atoms with van der Waals surface area (Å²) in [6.45, 7) is 25.8. The van der Waals surface area contributed by atoms with E-state index in [1.807, 2.05) is 70.4 Å². The Hall–Kier alpha value is -3.15. The van der Waals surface area contributed by atoms with Crippen molar-refractivity contribution in [2.24, 2.45) is 16.7 Å². The molecule has 1 N–H and O–H groups in total. The minimum Gasteiger partial charge on any atom is -0.512 e. The Kier molecular flexibility index (Phi) is 14.6. The zero-order valence-electron chi connectivity index (χ0n) is 35.0. The summed E-state index contributed by atoms with van der Waals surface area (Å²) in [5.74, 6) is 0.951. The van der Waals surface area contributed by atoms with E-state index in [0.29, 0.717) is 5.92 Å². The van der Waals surface area contributed by atoms with Crippen LogP contribution in [0.4, 0.5) is 0 Å². The van der Waals surface area contributed by atoms with Gasteiger partial charge in [-0.3, -0.25) is 9.78 Å². The molecule has 3 nitrogen and oxygen atoms in total. The van der Waals surface area contributed by atoms with Crippen LogP contribution in [0.2, 0.25) is 0 Å². The molecule has 0 aliphatic rings. The van der Waals surface area contributed by atoms with Crippen molar-refractivity contribution in [2.75, 3.05) is 0 Å². The summed E-state index contributed by atoms with van der Waals surface area (Å²) in [5.41, 5.74) is 6.96. The predicted octanol–water partition coefficient (Wildman–Crippen LogP) is 15.3. The number of carbonyl (C=O) groups is 1. The third-order valence-electron chi connectivity index (χ3n) is 11.8. The molecule has 0 spiro atoms. The van der Waals surface area contributed by atoms with Crippen molar-refractivity contribution in [3.05, 3.63) is 101 Å². The van der Waals surface area contributed by atoms with Crippen LogP contribution in [0.1, 0.15) is 119 Å². The summed E-state index contributed by atoms with van der Waals surface area (Å²) in [6.07, 6.45) is 7.84. The van der Waals surface area contributed by atoms with E-state index in [2.05, 4.69) is 108 Å². The van der Waals surface area contributed by atoms with Crippen molar-refractivity contribution in [1.82, 2.24) is 4.98 Å². The fourth-order valence-electron chi connectivity index (χ4n) is 7.16. The standard InChI is InChI=1S/C34H32NS2.C15H28O2.Ir/c1-20(2)15-22-11-12-26-27(19-36-30(26)16-22)33-21(3)31-29(37-33)13-14-35-32(31)24-17-23-9-7-8-10-25(23)28(18-24)34(4,5)6;1-7-14(5,8-2)12(16)11-13(17)15(6,9-3)10-4;/h7-14,16,18-20H,15H2,1-6H3;11,16H,7-10H2,1-6H3;/q-1;;/b;12-11-;. The van der Waals surface area contributed by atoms with Gasteiger partial charge in [-0.1, -0.05) is 117 Å². The van der Waals surface area contributed by atoms with E-state index >= 15 is 0 Å². The quantitative estimate of drug-likeness (QED) is 0.0800. The minimum absolute atomic E-state index is 0. The molecule has 3 heterocycles. The van der Waals surface area contributed by atoms with E-state index in [4.69, 9.17) is 4.98 Å². The van der Waals surface area contributed by atoms with Crippen LogP contribution in [0.25, 0.3) is 52.6 Å². The summed E-state index contributed by atoms with van der Waals surface area (Å²) in [5, 5.41) is 17.5. The molecule has 0 fully saturated rings. The second kappa shape index (κ2) is 18.0. The van der Waals surface area contributed by atoms with Crippen LogP contribution < -0.4 is 0 Å². The maximum absolute atomic E-state index is 12.2. The number of pyridine rings is 1. The van der Waals surface area contributed by atoms with Gasteiger partial charge in [0.2, 0.25) is 0 Å². The van der Waals surface area contributed by atoms with Gasteiger partial charge < -0.3 is 5.11 Å². The van der Waals surface area contributed by atoms with Gasteiger partial charge in [0.05, 0.1) is 0 Å². The number of carbonyl (C=O) groups excluding carboxylic acids is 1. The van der Waals surface area contributed by atoms with Crippen LogP contribution >= 0.6 is 22.7 Å². The van der Waals surface area contributed by atoms with Gasteiger partial charge in [0, 0.05) is 79.5 Å². The fraction of sp³-hybridized carbons (Fsp3) is 0.429. The van der Waals surface area contributed by atoms with Crippen molar-refractivity contribution in [3.8, 4) is 21.7 Å².